The normalized spacial score (nSPS) is 27.9. The number of amides is 1. The molecule has 2 aliphatic heterocycles. The Labute approximate surface area is 90.1 Å². The zero-order valence-corrected chi connectivity index (χ0v) is 9.00. The number of hydrogen-bond donors (Lipinski definition) is 2. The molecule has 0 aromatic carbocycles. The number of carbonyl (C=O) groups excluding carboxylic acids is 1. The van der Waals surface area contributed by atoms with Gasteiger partial charge in [-0.3, -0.25) is 10.2 Å². The lowest BCUT2D eigenvalue weighted by molar-refractivity contribution is -0.128. The van der Waals surface area contributed by atoms with Crippen molar-refractivity contribution in [2.45, 2.75) is 12.8 Å². The first-order valence-electron chi connectivity index (χ1n) is 5.67. The summed E-state index contributed by atoms with van der Waals surface area (Å²) in [6, 6.07) is 0. The average Bonchev–Trinajstić information content (AvgIpc) is 2.71. The summed E-state index contributed by atoms with van der Waals surface area (Å²) in [5.74, 6) is 0.664. The Balaban J connectivity index is 1.66. The van der Waals surface area contributed by atoms with E-state index in [1.165, 1.54) is 0 Å². The highest BCUT2D eigenvalue weighted by atomic mass is 16.5. The summed E-state index contributed by atoms with van der Waals surface area (Å²) in [5, 5.41) is 5.22. The van der Waals surface area contributed by atoms with Gasteiger partial charge in [-0.2, -0.15) is 0 Å². The van der Waals surface area contributed by atoms with Crippen LogP contribution in [-0.2, 0) is 9.53 Å². The molecule has 2 fully saturated rings. The molecule has 1 amide bonds. The van der Waals surface area contributed by atoms with E-state index < -0.39 is 0 Å². The van der Waals surface area contributed by atoms with Crippen molar-refractivity contribution >= 4 is 5.91 Å². The minimum Gasteiger partial charge on any atom is -0.379 e. The number of nitrogens with zero attached hydrogens (tertiary/aromatic N) is 1. The molecule has 0 bridgehead atoms. The summed E-state index contributed by atoms with van der Waals surface area (Å²) in [4.78, 5) is 11.6. The Bertz CT molecular complexity index is 211. The van der Waals surface area contributed by atoms with Gasteiger partial charge in [0.05, 0.1) is 13.2 Å². The molecule has 5 heteroatoms. The van der Waals surface area contributed by atoms with Gasteiger partial charge in [0.25, 0.3) is 0 Å². The second-order valence-corrected chi connectivity index (χ2v) is 4.20. The maximum absolute atomic E-state index is 11.6. The first kappa shape index (κ1) is 10.9. The van der Waals surface area contributed by atoms with Crippen molar-refractivity contribution < 1.29 is 9.53 Å². The van der Waals surface area contributed by atoms with Crippen molar-refractivity contribution in [2.24, 2.45) is 5.92 Å². The van der Waals surface area contributed by atoms with Crippen LogP contribution in [0.2, 0.25) is 0 Å². The second kappa shape index (κ2) is 5.44. The molecular formula is C10H19N3O2. The Kier molecular flexibility index (Phi) is 3.94. The van der Waals surface area contributed by atoms with E-state index in [0.717, 1.165) is 32.6 Å². The smallest absolute Gasteiger partial charge is 0.234 e. The van der Waals surface area contributed by atoms with Crippen LogP contribution in [0.25, 0.3) is 0 Å². The Morgan fingerprint density at radius 1 is 1.47 bits per heavy atom. The number of nitrogens with one attached hydrogen (secondary N) is 2. The lowest BCUT2D eigenvalue weighted by atomic mass is 10.1. The largest absolute Gasteiger partial charge is 0.379 e. The van der Waals surface area contributed by atoms with Crippen molar-refractivity contribution in [1.29, 1.82) is 0 Å². The molecule has 2 heterocycles. The third-order valence-electron chi connectivity index (χ3n) is 2.93. The summed E-state index contributed by atoms with van der Waals surface area (Å²) in [6.45, 7) is 5.06. The van der Waals surface area contributed by atoms with Crippen LogP contribution in [0.4, 0.5) is 0 Å². The van der Waals surface area contributed by atoms with Crippen LogP contribution < -0.4 is 10.7 Å². The van der Waals surface area contributed by atoms with E-state index in [1.807, 2.05) is 5.01 Å². The third kappa shape index (κ3) is 3.44. The van der Waals surface area contributed by atoms with Gasteiger partial charge in [-0.25, -0.2) is 5.01 Å². The van der Waals surface area contributed by atoms with Crippen molar-refractivity contribution in [1.82, 2.24) is 15.8 Å². The molecule has 0 aromatic rings. The molecule has 0 aliphatic carbocycles. The molecule has 2 saturated heterocycles. The number of hydrazine groups is 1. The SMILES string of the molecule is O=C(CC1CCNC1)NN1CCOCC1. The van der Waals surface area contributed by atoms with Crippen molar-refractivity contribution in [3.63, 3.8) is 0 Å². The van der Waals surface area contributed by atoms with Gasteiger partial charge in [0, 0.05) is 19.5 Å². The topological polar surface area (TPSA) is 53.6 Å². The minimum atomic E-state index is 0.144. The number of carbonyl (C=O) groups is 1. The van der Waals surface area contributed by atoms with E-state index in [9.17, 15) is 4.79 Å². The molecule has 2 rings (SSSR count). The molecule has 1 atom stereocenters. The lowest BCUT2D eigenvalue weighted by Gasteiger charge is -2.27. The Hall–Kier alpha value is -0.650. The van der Waals surface area contributed by atoms with E-state index in [4.69, 9.17) is 4.74 Å². The molecule has 0 aromatic heterocycles. The van der Waals surface area contributed by atoms with Gasteiger partial charge in [-0.15, -0.1) is 0 Å². The summed E-state index contributed by atoms with van der Waals surface area (Å²) < 4.78 is 5.21. The molecule has 0 radical (unpaired) electrons. The summed E-state index contributed by atoms with van der Waals surface area (Å²) >= 11 is 0. The highest BCUT2D eigenvalue weighted by Gasteiger charge is 2.19. The second-order valence-electron chi connectivity index (χ2n) is 4.20. The van der Waals surface area contributed by atoms with Gasteiger partial charge in [-0.1, -0.05) is 0 Å². The van der Waals surface area contributed by atoms with Gasteiger partial charge < -0.3 is 10.1 Å². The van der Waals surface area contributed by atoms with Gasteiger partial charge in [0.2, 0.25) is 5.91 Å². The minimum absolute atomic E-state index is 0.144. The summed E-state index contributed by atoms with van der Waals surface area (Å²) in [5.41, 5.74) is 2.93. The van der Waals surface area contributed by atoms with E-state index in [1.54, 1.807) is 0 Å². The van der Waals surface area contributed by atoms with Gasteiger partial charge in [0.15, 0.2) is 0 Å². The fourth-order valence-corrected chi connectivity index (χ4v) is 2.05. The van der Waals surface area contributed by atoms with Crippen LogP contribution in [0.3, 0.4) is 0 Å². The van der Waals surface area contributed by atoms with Crippen LogP contribution in [0.15, 0.2) is 0 Å². The highest BCUT2D eigenvalue weighted by molar-refractivity contribution is 5.75. The fraction of sp³-hybridized carbons (Fsp3) is 0.900. The maximum atomic E-state index is 11.6. The van der Waals surface area contributed by atoms with Crippen LogP contribution in [0.5, 0.6) is 0 Å². The predicted octanol–water partition coefficient (Wildman–Crippen LogP) is -0.651. The molecule has 0 spiro atoms. The van der Waals surface area contributed by atoms with Crippen molar-refractivity contribution in [2.75, 3.05) is 39.4 Å². The van der Waals surface area contributed by atoms with E-state index in [0.29, 0.717) is 25.6 Å². The van der Waals surface area contributed by atoms with Crippen molar-refractivity contribution in [3.05, 3.63) is 0 Å². The average molecular weight is 213 g/mol. The molecule has 1 unspecified atom stereocenters. The van der Waals surface area contributed by atoms with Crippen LogP contribution in [-0.4, -0.2) is 50.3 Å². The lowest BCUT2D eigenvalue weighted by Crippen LogP contribution is -2.48. The molecular weight excluding hydrogens is 194 g/mol. The van der Waals surface area contributed by atoms with Crippen molar-refractivity contribution in [3.8, 4) is 0 Å². The number of morpholine rings is 1. The summed E-state index contributed by atoms with van der Waals surface area (Å²) in [7, 11) is 0. The Morgan fingerprint density at radius 2 is 2.27 bits per heavy atom. The standard InChI is InChI=1S/C10H19N3O2/c14-10(7-9-1-2-11-8-9)12-13-3-5-15-6-4-13/h9,11H,1-8H2,(H,12,14). The molecule has 86 valence electrons. The quantitative estimate of drug-likeness (QED) is 0.654. The summed E-state index contributed by atoms with van der Waals surface area (Å²) in [6.07, 6.45) is 1.76. The molecule has 0 saturated carbocycles. The molecule has 2 N–H and O–H groups in total. The van der Waals surface area contributed by atoms with E-state index in [-0.39, 0.29) is 5.91 Å². The van der Waals surface area contributed by atoms with Crippen LogP contribution in [0, 0.1) is 5.92 Å². The van der Waals surface area contributed by atoms with Gasteiger partial charge >= 0.3 is 0 Å². The first-order valence-corrected chi connectivity index (χ1v) is 5.67. The fourth-order valence-electron chi connectivity index (χ4n) is 2.05. The predicted molar refractivity (Wildman–Crippen MR) is 56.1 cm³/mol. The van der Waals surface area contributed by atoms with Gasteiger partial charge in [-0.05, 0) is 25.4 Å². The molecule has 5 nitrogen and oxygen atoms in total. The Morgan fingerprint density at radius 3 is 2.93 bits per heavy atom. The number of rotatable bonds is 3. The number of hydrogen-bond acceptors (Lipinski definition) is 4. The van der Waals surface area contributed by atoms with E-state index >= 15 is 0 Å². The third-order valence-corrected chi connectivity index (χ3v) is 2.93. The van der Waals surface area contributed by atoms with Crippen LogP contribution >= 0.6 is 0 Å². The van der Waals surface area contributed by atoms with Crippen LogP contribution in [0.1, 0.15) is 12.8 Å². The van der Waals surface area contributed by atoms with Gasteiger partial charge in [0.1, 0.15) is 0 Å². The molecule has 2 aliphatic rings. The highest BCUT2D eigenvalue weighted by Crippen LogP contribution is 2.11. The monoisotopic (exact) mass is 213 g/mol. The first-order chi connectivity index (χ1) is 7.34. The zero-order chi connectivity index (χ0) is 10.5. The number of ether oxygens (including phenoxy) is 1. The molecule has 15 heavy (non-hydrogen) atoms. The zero-order valence-electron chi connectivity index (χ0n) is 9.00. The van der Waals surface area contributed by atoms with E-state index in [2.05, 4.69) is 10.7 Å². The maximum Gasteiger partial charge on any atom is 0.234 e.